The van der Waals surface area contributed by atoms with E-state index in [9.17, 15) is 0 Å². The van der Waals surface area contributed by atoms with Crippen LogP contribution in [0.4, 0.5) is 0 Å². The van der Waals surface area contributed by atoms with Gasteiger partial charge in [0.2, 0.25) is 0 Å². The highest BCUT2D eigenvalue weighted by atomic mass is 32.1. The van der Waals surface area contributed by atoms with E-state index in [1.807, 2.05) is 17.5 Å². The summed E-state index contributed by atoms with van der Waals surface area (Å²) in [7, 11) is 0. The zero-order chi connectivity index (χ0) is 15.5. The van der Waals surface area contributed by atoms with E-state index in [2.05, 4.69) is 74.5 Å². The molecule has 2 heteroatoms. The number of benzene rings is 1. The predicted octanol–water partition coefficient (Wildman–Crippen LogP) is 6.46. The van der Waals surface area contributed by atoms with E-state index in [1.54, 1.807) is 0 Å². The lowest BCUT2D eigenvalue weighted by atomic mass is 10.1. The molecule has 0 radical (unpaired) electrons. The maximum absolute atomic E-state index is 3.24. The third-order valence-electron chi connectivity index (χ3n) is 2.98. The molecule has 3 rings (SSSR count). The van der Waals surface area contributed by atoms with Crippen molar-refractivity contribution in [2.24, 2.45) is 0 Å². The molecule has 1 nitrogen and oxygen atoms in total. The van der Waals surface area contributed by atoms with Crippen LogP contribution in [0.5, 0.6) is 0 Å². The van der Waals surface area contributed by atoms with Gasteiger partial charge in [0.15, 0.2) is 0 Å². The molecule has 0 amide bonds. The van der Waals surface area contributed by atoms with Gasteiger partial charge in [-0.2, -0.15) is 0 Å². The fourth-order valence-electron chi connectivity index (χ4n) is 1.96. The second kappa shape index (κ2) is 10.2. The van der Waals surface area contributed by atoms with Gasteiger partial charge in [-0.3, -0.25) is 0 Å². The first-order valence-corrected chi connectivity index (χ1v) is 8.72. The molecule has 0 aliphatic rings. The number of hydrogen-bond acceptors (Lipinski definition) is 1. The summed E-state index contributed by atoms with van der Waals surface area (Å²) in [5, 5.41) is 3.42. The van der Waals surface area contributed by atoms with Crippen molar-refractivity contribution in [3.05, 3.63) is 58.4 Å². The van der Waals surface area contributed by atoms with E-state index in [0.717, 1.165) is 6.42 Å². The van der Waals surface area contributed by atoms with E-state index in [1.165, 1.54) is 34.2 Å². The molecule has 0 unspecified atom stereocenters. The number of nitrogens with one attached hydrogen (secondary N) is 1. The van der Waals surface area contributed by atoms with Crippen LogP contribution in [0.2, 0.25) is 0 Å². The average Bonchev–Trinajstić information content (AvgIpc) is 3.19. The predicted molar refractivity (Wildman–Crippen MR) is 97.3 cm³/mol. The second-order valence-corrected chi connectivity index (χ2v) is 5.88. The van der Waals surface area contributed by atoms with Gasteiger partial charge in [-0.1, -0.05) is 58.4 Å². The molecule has 114 valence electrons. The highest BCUT2D eigenvalue weighted by Gasteiger charge is 1.97. The van der Waals surface area contributed by atoms with Gasteiger partial charge in [0.1, 0.15) is 0 Å². The van der Waals surface area contributed by atoms with E-state index in [4.69, 9.17) is 0 Å². The molecule has 1 aromatic carbocycles. The number of hydrogen-bond donors (Lipinski definition) is 1. The quantitative estimate of drug-likeness (QED) is 0.559. The van der Waals surface area contributed by atoms with Gasteiger partial charge in [-0.05, 0) is 41.3 Å². The van der Waals surface area contributed by atoms with Crippen LogP contribution in [0.3, 0.4) is 0 Å². The Balaban J connectivity index is 0.000000190. The molecule has 0 fully saturated rings. The van der Waals surface area contributed by atoms with Gasteiger partial charge < -0.3 is 4.98 Å². The first-order valence-electron chi connectivity index (χ1n) is 7.84. The number of H-pyrrole nitrogens is 1. The molecule has 0 bridgehead atoms. The topological polar surface area (TPSA) is 15.8 Å². The summed E-state index contributed by atoms with van der Waals surface area (Å²) in [4.78, 5) is 4.71. The van der Waals surface area contributed by atoms with E-state index >= 15 is 0 Å². The minimum absolute atomic E-state index is 1.10. The number of aryl methyl sites for hydroxylation is 2. The van der Waals surface area contributed by atoms with Crippen molar-refractivity contribution in [1.82, 2.24) is 4.98 Å². The zero-order valence-electron chi connectivity index (χ0n) is 13.6. The van der Waals surface area contributed by atoms with Crippen molar-refractivity contribution in [3.8, 4) is 0 Å². The van der Waals surface area contributed by atoms with Crippen molar-refractivity contribution < 1.29 is 0 Å². The van der Waals surface area contributed by atoms with Crippen LogP contribution in [-0.4, -0.2) is 4.98 Å². The molecule has 3 aromatic rings. The molecule has 0 atom stereocenters. The summed E-state index contributed by atoms with van der Waals surface area (Å²) in [6.45, 7) is 8.60. The lowest BCUT2D eigenvalue weighted by Gasteiger charge is -1.97. The third-order valence-corrected chi connectivity index (χ3v) is 4.00. The number of para-hydroxylation sites is 1. The standard InChI is InChI=1S/C10H11N.C6H8S.C3H8/c1-2-8-4-3-5-9-6-7-11-10(8)9;1-2-6-4-3-5-7-6;1-3-2/h3-7,11H,2H2,1H3;3-5H,2H2,1H3;3H2,1-2H3. The Morgan fingerprint density at radius 3 is 2.19 bits per heavy atom. The molecular weight excluding hydrogens is 274 g/mol. The summed E-state index contributed by atoms with van der Waals surface area (Å²) in [6, 6.07) is 12.8. The maximum atomic E-state index is 3.24. The molecule has 0 spiro atoms. The van der Waals surface area contributed by atoms with Crippen LogP contribution < -0.4 is 0 Å². The number of aromatic nitrogens is 1. The molecular formula is C19H27NS. The van der Waals surface area contributed by atoms with Crippen molar-refractivity contribution in [1.29, 1.82) is 0 Å². The van der Waals surface area contributed by atoms with Crippen LogP contribution in [0.25, 0.3) is 10.9 Å². The van der Waals surface area contributed by atoms with E-state index in [-0.39, 0.29) is 0 Å². The lowest BCUT2D eigenvalue weighted by molar-refractivity contribution is 1.09. The summed E-state index contributed by atoms with van der Waals surface area (Å²) in [5.41, 5.74) is 2.68. The van der Waals surface area contributed by atoms with Gasteiger partial charge in [0.25, 0.3) is 0 Å². The monoisotopic (exact) mass is 301 g/mol. The Hall–Kier alpha value is -1.54. The molecule has 0 aliphatic carbocycles. The van der Waals surface area contributed by atoms with Crippen LogP contribution >= 0.6 is 11.3 Å². The van der Waals surface area contributed by atoms with Crippen molar-refractivity contribution in [3.63, 3.8) is 0 Å². The number of thiophene rings is 1. The Kier molecular flexibility index (Phi) is 8.53. The van der Waals surface area contributed by atoms with E-state index < -0.39 is 0 Å². The highest BCUT2D eigenvalue weighted by Crippen LogP contribution is 2.16. The summed E-state index contributed by atoms with van der Waals surface area (Å²) < 4.78 is 0. The van der Waals surface area contributed by atoms with Gasteiger partial charge in [-0.15, -0.1) is 11.3 Å². The maximum Gasteiger partial charge on any atom is 0.0486 e. The van der Waals surface area contributed by atoms with Gasteiger partial charge in [-0.25, -0.2) is 0 Å². The van der Waals surface area contributed by atoms with Crippen molar-refractivity contribution in [2.75, 3.05) is 0 Å². The van der Waals surface area contributed by atoms with Gasteiger partial charge in [0.05, 0.1) is 0 Å². The second-order valence-electron chi connectivity index (χ2n) is 4.85. The van der Waals surface area contributed by atoms with Crippen LogP contribution in [0, 0.1) is 0 Å². The molecule has 2 heterocycles. The lowest BCUT2D eigenvalue weighted by Crippen LogP contribution is -1.80. The number of aromatic amines is 1. The minimum Gasteiger partial charge on any atom is -0.361 e. The average molecular weight is 301 g/mol. The molecule has 0 aliphatic heterocycles. The minimum atomic E-state index is 1.10. The van der Waals surface area contributed by atoms with Gasteiger partial charge >= 0.3 is 0 Å². The van der Waals surface area contributed by atoms with Crippen LogP contribution in [0.1, 0.15) is 44.6 Å². The summed E-state index contributed by atoms with van der Waals surface area (Å²) in [6.07, 6.45) is 5.51. The highest BCUT2D eigenvalue weighted by molar-refractivity contribution is 7.09. The Bertz CT molecular complexity index is 593. The molecule has 0 saturated heterocycles. The normalized spacial score (nSPS) is 9.52. The molecule has 0 saturated carbocycles. The summed E-state index contributed by atoms with van der Waals surface area (Å²) >= 11 is 1.82. The third kappa shape index (κ3) is 5.76. The molecule has 2 aromatic heterocycles. The Morgan fingerprint density at radius 1 is 0.905 bits per heavy atom. The fraction of sp³-hybridized carbons (Fsp3) is 0.368. The fourth-order valence-corrected chi connectivity index (χ4v) is 2.61. The first kappa shape index (κ1) is 17.5. The van der Waals surface area contributed by atoms with Gasteiger partial charge in [0, 0.05) is 16.6 Å². The molecule has 1 N–H and O–H groups in total. The Morgan fingerprint density at radius 2 is 1.67 bits per heavy atom. The summed E-state index contributed by atoms with van der Waals surface area (Å²) in [5.74, 6) is 0. The van der Waals surface area contributed by atoms with E-state index in [0.29, 0.717) is 0 Å². The van der Waals surface area contributed by atoms with Crippen molar-refractivity contribution in [2.45, 2.75) is 47.0 Å². The SMILES string of the molecule is CCC.CCc1cccc2cc[nH]c12.CCc1cccs1. The smallest absolute Gasteiger partial charge is 0.0486 e. The number of fused-ring (bicyclic) bond motifs is 1. The Labute approximate surface area is 133 Å². The largest absolute Gasteiger partial charge is 0.361 e. The van der Waals surface area contributed by atoms with Crippen LogP contribution in [0.15, 0.2) is 48.0 Å². The first-order chi connectivity index (χ1) is 10.3. The van der Waals surface area contributed by atoms with Crippen LogP contribution in [-0.2, 0) is 12.8 Å². The zero-order valence-corrected chi connectivity index (χ0v) is 14.5. The van der Waals surface area contributed by atoms with Crippen molar-refractivity contribution >= 4 is 22.2 Å². The molecule has 21 heavy (non-hydrogen) atoms. The number of rotatable bonds is 2.